The van der Waals surface area contributed by atoms with Crippen LogP contribution in [0.25, 0.3) is 0 Å². The first-order valence-corrected chi connectivity index (χ1v) is 15.5. The Morgan fingerprint density at radius 3 is 2.40 bits per heavy atom. The van der Waals surface area contributed by atoms with Crippen LogP contribution in [-0.4, -0.2) is 45.9 Å². The summed E-state index contributed by atoms with van der Waals surface area (Å²) < 4.78 is 5.23. The summed E-state index contributed by atoms with van der Waals surface area (Å²) in [4.78, 5) is 40.2. The molecule has 6 aliphatic rings. The van der Waals surface area contributed by atoms with Gasteiger partial charge in [-0.05, 0) is 81.1 Å². The van der Waals surface area contributed by atoms with Gasteiger partial charge in [-0.15, -0.1) is 0 Å². The molecule has 0 aromatic heterocycles. The number of aliphatic hydroxyl groups excluding tert-OH is 1. The van der Waals surface area contributed by atoms with E-state index in [0.29, 0.717) is 40.2 Å². The second kappa shape index (κ2) is 11.3. The number of carbonyl (C=O) groups excluding carboxylic acids is 1. The Hall–Kier alpha value is -4.79. The number of aliphatic carboxylic acids is 1. The maximum Gasteiger partial charge on any atom is 0.318 e. The molecule has 9 nitrogen and oxygen atoms in total. The van der Waals surface area contributed by atoms with Crippen molar-refractivity contribution in [1.82, 2.24) is 5.32 Å². The zero-order valence-electron chi connectivity index (χ0n) is 26.5. The molecule has 0 amide bonds. The molecule has 1 fully saturated rings. The van der Waals surface area contributed by atoms with Crippen LogP contribution < -0.4 is 5.32 Å². The summed E-state index contributed by atoms with van der Waals surface area (Å²) in [7, 11) is 0. The number of ether oxygens (including phenoxy) is 1. The van der Waals surface area contributed by atoms with Gasteiger partial charge in [-0.25, -0.2) is 15.0 Å². The van der Waals surface area contributed by atoms with Crippen molar-refractivity contribution in [2.24, 2.45) is 32.7 Å². The molecule has 6 rings (SSSR count). The summed E-state index contributed by atoms with van der Waals surface area (Å²) in [6.07, 6.45) is 9.08. The van der Waals surface area contributed by atoms with Crippen molar-refractivity contribution in [3.8, 4) is 0 Å². The molecule has 3 atom stereocenters. The number of fused-ring (bicyclic) bond motifs is 5. The Bertz CT molecular complexity index is 1830. The number of allylic oxidation sites excluding steroid dienone is 11. The van der Waals surface area contributed by atoms with Crippen molar-refractivity contribution in [2.45, 2.75) is 60.8 Å². The lowest BCUT2D eigenvalue weighted by Crippen LogP contribution is -2.24. The Balaban J connectivity index is 1.63. The Labute approximate surface area is 263 Å². The monoisotopic (exact) mass is 606 g/mol. The Kier molecular flexibility index (Phi) is 7.59. The molecule has 3 N–H and O–H groups in total. The first kappa shape index (κ1) is 30.2. The predicted molar refractivity (Wildman–Crippen MR) is 175 cm³/mol. The van der Waals surface area contributed by atoms with Crippen molar-refractivity contribution >= 4 is 29.1 Å². The zero-order valence-corrected chi connectivity index (χ0v) is 26.5. The molecule has 5 heterocycles. The average molecular weight is 607 g/mol. The van der Waals surface area contributed by atoms with Gasteiger partial charge in [0.05, 0.1) is 40.8 Å². The number of carboxylic acid groups (broad SMARTS) is 1. The van der Waals surface area contributed by atoms with E-state index in [9.17, 15) is 19.8 Å². The third-order valence-electron chi connectivity index (χ3n) is 9.64. The first-order valence-electron chi connectivity index (χ1n) is 15.5. The van der Waals surface area contributed by atoms with Gasteiger partial charge >= 0.3 is 11.9 Å². The van der Waals surface area contributed by atoms with Crippen LogP contribution in [0.1, 0.15) is 60.8 Å². The van der Waals surface area contributed by atoms with E-state index in [1.54, 1.807) is 6.92 Å². The predicted octanol–water partition coefficient (Wildman–Crippen LogP) is 6.50. The third kappa shape index (κ3) is 4.72. The summed E-state index contributed by atoms with van der Waals surface area (Å²) >= 11 is 0. The number of hydrogen-bond donors (Lipinski definition) is 3. The van der Waals surface area contributed by atoms with E-state index in [1.165, 1.54) is 0 Å². The molecule has 1 aliphatic carbocycles. The van der Waals surface area contributed by atoms with Crippen molar-refractivity contribution in [1.29, 1.82) is 0 Å². The highest BCUT2D eigenvalue weighted by molar-refractivity contribution is 6.24. The van der Waals surface area contributed by atoms with Gasteiger partial charge < -0.3 is 20.3 Å². The fraction of sp³-hybridized carbons (Fsp3) is 0.361. The van der Waals surface area contributed by atoms with E-state index in [4.69, 9.17) is 19.7 Å². The van der Waals surface area contributed by atoms with E-state index < -0.39 is 11.9 Å². The number of carbonyl (C=O) groups is 2. The van der Waals surface area contributed by atoms with Crippen molar-refractivity contribution in [3.05, 3.63) is 104 Å². The summed E-state index contributed by atoms with van der Waals surface area (Å²) in [5.74, 6) is -3.38. The molecule has 45 heavy (non-hydrogen) atoms. The zero-order chi connectivity index (χ0) is 32.3. The fourth-order valence-electron chi connectivity index (χ4n) is 7.17. The van der Waals surface area contributed by atoms with Gasteiger partial charge in [0.1, 0.15) is 11.7 Å². The number of esters is 1. The number of hydrogen-bond acceptors (Lipinski definition) is 8. The van der Waals surface area contributed by atoms with Crippen molar-refractivity contribution in [2.75, 3.05) is 6.61 Å². The summed E-state index contributed by atoms with van der Waals surface area (Å²) in [5.41, 5.74) is 11.3. The largest absolute Gasteiger partial charge is 0.510 e. The number of carboxylic acids is 1. The second-order valence-electron chi connectivity index (χ2n) is 12.0. The lowest BCUT2D eigenvalue weighted by atomic mass is 9.84. The molecule has 0 saturated carbocycles. The van der Waals surface area contributed by atoms with Crippen LogP contribution in [0.2, 0.25) is 0 Å². The number of aliphatic hydroxyl groups is 1. The van der Waals surface area contributed by atoms with E-state index >= 15 is 0 Å². The highest BCUT2D eigenvalue weighted by Gasteiger charge is 2.48. The fourth-order valence-corrected chi connectivity index (χ4v) is 7.17. The van der Waals surface area contributed by atoms with E-state index in [2.05, 4.69) is 32.7 Å². The quantitative estimate of drug-likeness (QED) is 0.284. The van der Waals surface area contributed by atoms with E-state index in [1.807, 2.05) is 38.2 Å². The summed E-state index contributed by atoms with van der Waals surface area (Å²) in [6.45, 7) is 16.2. The Morgan fingerprint density at radius 1 is 1.02 bits per heavy atom. The van der Waals surface area contributed by atoms with Gasteiger partial charge in [-0.2, -0.15) is 0 Å². The molecule has 0 radical (unpaired) electrons. The first-order chi connectivity index (χ1) is 21.5. The van der Waals surface area contributed by atoms with Crippen LogP contribution in [-0.2, 0) is 14.3 Å². The minimum Gasteiger partial charge on any atom is -0.510 e. The molecule has 8 bridgehead atoms. The number of rotatable bonds is 7. The van der Waals surface area contributed by atoms with Crippen LogP contribution >= 0.6 is 0 Å². The van der Waals surface area contributed by atoms with Crippen LogP contribution in [0, 0.1) is 17.8 Å². The van der Waals surface area contributed by atoms with Gasteiger partial charge in [-0.1, -0.05) is 26.5 Å². The van der Waals surface area contributed by atoms with Crippen LogP contribution in [0.5, 0.6) is 0 Å². The molecule has 0 aromatic carbocycles. The van der Waals surface area contributed by atoms with Gasteiger partial charge in [0.25, 0.3) is 0 Å². The lowest BCUT2D eigenvalue weighted by molar-refractivity contribution is -0.143. The SMILES string of the molecule is C=CC1=C(C)C2=NC1=CC1=NC(=CC3=C(C)C4=C(O)[C@H](C(=O)O)C(=C5NC(=C2)[C@@H](C)[C@@H]5CCC(=O)OCC)C4=N3)C(CC)=C1C. The van der Waals surface area contributed by atoms with Gasteiger partial charge in [0.15, 0.2) is 0 Å². The highest BCUT2D eigenvalue weighted by Crippen LogP contribution is 2.48. The lowest BCUT2D eigenvalue weighted by Gasteiger charge is -2.19. The van der Waals surface area contributed by atoms with Gasteiger partial charge in [0.2, 0.25) is 0 Å². The number of nitrogens with zero attached hydrogens (tertiary/aromatic N) is 3. The van der Waals surface area contributed by atoms with Gasteiger partial charge in [0, 0.05) is 46.4 Å². The highest BCUT2D eigenvalue weighted by atomic mass is 16.5. The number of nitrogens with one attached hydrogen (secondary N) is 1. The smallest absolute Gasteiger partial charge is 0.318 e. The minimum atomic E-state index is -1.29. The summed E-state index contributed by atoms with van der Waals surface area (Å²) in [5, 5.41) is 25.4. The average Bonchev–Trinajstić information content (AvgIpc) is 3.73. The number of aliphatic imine (C=N–C) groups is 3. The van der Waals surface area contributed by atoms with E-state index in [0.717, 1.165) is 57.2 Å². The van der Waals surface area contributed by atoms with E-state index in [-0.39, 0.29) is 36.6 Å². The van der Waals surface area contributed by atoms with Gasteiger partial charge in [-0.3, -0.25) is 9.59 Å². The third-order valence-corrected chi connectivity index (χ3v) is 9.64. The van der Waals surface area contributed by atoms with Crippen LogP contribution in [0.3, 0.4) is 0 Å². The summed E-state index contributed by atoms with van der Waals surface area (Å²) in [6, 6.07) is 0. The molecule has 9 heteroatoms. The Morgan fingerprint density at radius 2 is 1.73 bits per heavy atom. The van der Waals surface area contributed by atoms with Crippen LogP contribution in [0.4, 0.5) is 0 Å². The molecule has 5 aliphatic heterocycles. The van der Waals surface area contributed by atoms with Crippen molar-refractivity contribution < 1.29 is 24.5 Å². The topological polar surface area (TPSA) is 133 Å². The molecular weight excluding hydrogens is 568 g/mol. The molecule has 0 unspecified atom stereocenters. The molecule has 1 saturated heterocycles. The van der Waals surface area contributed by atoms with Crippen molar-refractivity contribution in [3.63, 3.8) is 0 Å². The molecule has 232 valence electrons. The minimum absolute atomic E-state index is 0.121. The molecular formula is C36H38N4O5. The molecule has 0 spiro atoms. The maximum atomic E-state index is 12.8. The van der Waals surface area contributed by atoms with Crippen LogP contribution in [0.15, 0.2) is 119 Å². The second-order valence-corrected chi connectivity index (χ2v) is 12.0. The maximum absolute atomic E-state index is 12.8. The molecule has 0 aromatic rings. The standard InChI is InChI=1S/C36H38N4O5/c1-8-20-16(4)23-13-25-18(6)22(11-12-29(41)45-10-3)33(39-25)31-32(36(43)44)35(42)30-19(7)26(40-34(30)31)15-28-21(9-2)17(5)24(38-28)14-27(20)37-23/h8,13-15,18,22,32,39,42H,1,9-12H2,2-7H3,(H,43,44)/t18-,22-,32+/m0/s1. The normalized spacial score (nSPS) is 25.3.